The molecule has 0 saturated carbocycles. The molecule has 9 nitrogen and oxygen atoms in total. The number of hydrogen-bond donors (Lipinski definition) is 1. The van der Waals surface area contributed by atoms with Gasteiger partial charge in [0, 0.05) is 0 Å². The molecule has 0 spiro atoms. The minimum Gasteiger partial charge on any atom is -0.497 e. The molecular weight excluding hydrogens is 472 g/mol. The number of hydrogen-bond acceptors (Lipinski definition) is 7. The van der Waals surface area contributed by atoms with E-state index in [4.69, 9.17) is 18.9 Å². The van der Waals surface area contributed by atoms with Crippen LogP contribution >= 0.6 is 0 Å². The van der Waals surface area contributed by atoms with Gasteiger partial charge in [0.1, 0.15) is 30.8 Å². The van der Waals surface area contributed by atoms with Crippen molar-refractivity contribution in [2.24, 2.45) is 0 Å². The first-order chi connectivity index (χ1) is 16.9. The van der Waals surface area contributed by atoms with Crippen LogP contribution in [0.5, 0.6) is 23.0 Å². The van der Waals surface area contributed by atoms with E-state index in [1.54, 1.807) is 48.5 Å². The smallest absolute Gasteiger partial charge is 0.264 e. The summed E-state index contributed by atoms with van der Waals surface area (Å²) in [4.78, 5) is 12.9. The summed E-state index contributed by atoms with van der Waals surface area (Å²) in [6.07, 6.45) is -0.410. The summed E-state index contributed by atoms with van der Waals surface area (Å²) in [7, 11) is -1.17. The van der Waals surface area contributed by atoms with Gasteiger partial charge in [-0.15, -0.1) is 0 Å². The van der Waals surface area contributed by atoms with E-state index in [1.165, 1.54) is 26.4 Å². The topological polar surface area (TPSA) is 103 Å². The Morgan fingerprint density at radius 3 is 2.37 bits per heavy atom. The molecule has 1 heterocycles. The van der Waals surface area contributed by atoms with Crippen LogP contribution in [-0.4, -0.2) is 54.3 Å². The van der Waals surface area contributed by atoms with Gasteiger partial charge in [0.15, 0.2) is 11.5 Å². The zero-order valence-electron chi connectivity index (χ0n) is 19.3. The molecule has 0 saturated heterocycles. The number of carbonyl (C=O) groups is 1. The zero-order chi connectivity index (χ0) is 24.8. The van der Waals surface area contributed by atoms with Crippen molar-refractivity contribution in [2.45, 2.75) is 11.0 Å². The van der Waals surface area contributed by atoms with Crippen LogP contribution in [0.1, 0.15) is 0 Å². The number of methoxy groups -OCH3 is 2. The second-order valence-electron chi connectivity index (χ2n) is 7.66. The lowest BCUT2D eigenvalue weighted by atomic mass is 10.2. The molecule has 0 aromatic heterocycles. The highest BCUT2D eigenvalue weighted by atomic mass is 32.2. The number of rotatable bonds is 9. The van der Waals surface area contributed by atoms with E-state index >= 15 is 0 Å². The monoisotopic (exact) mass is 498 g/mol. The van der Waals surface area contributed by atoms with Crippen LogP contribution in [-0.2, 0) is 14.8 Å². The fraction of sp³-hybridized carbons (Fsp3) is 0.240. The van der Waals surface area contributed by atoms with Crippen LogP contribution in [0.25, 0.3) is 0 Å². The molecule has 10 heteroatoms. The number of anilines is 1. The number of nitrogens with one attached hydrogen (secondary N) is 1. The molecule has 1 N–H and O–H groups in total. The number of amides is 1. The van der Waals surface area contributed by atoms with Crippen LogP contribution in [0.2, 0.25) is 0 Å². The maximum atomic E-state index is 13.6. The second kappa shape index (κ2) is 10.6. The highest BCUT2D eigenvalue weighted by Gasteiger charge is 2.30. The lowest BCUT2D eigenvalue weighted by Crippen LogP contribution is -2.45. The van der Waals surface area contributed by atoms with Crippen LogP contribution in [0.4, 0.5) is 5.69 Å². The molecule has 3 aromatic rings. The number of para-hydroxylation sites is 4. The average molecular weight is 499 g/mol. The molecule has 4 rings (SSSR count). The van der Waals surface area contributed by atoms with E-state index in [2.05, 4.69) is 5.32 Å². The lowest BCUT2D eigenvalue weighted by Gasteiger charge is -2.28. The third-order valence-corrected chi connectivity index (χ3v) is 7.16. The number of ether oxygens (including phenoxy) is 4. The minimum atomic E-state index is -4.11. The summed E-state index contributed by atoms with van der Waals surface area (Å²) in [5, 5.41) is 2.75. The van der Waals surface area contributed by atoms with Gasteiger partial charge in [-0.2, -0.15) is 0 Å². The van der Waals surface area contributed by atoms with Gasteiger partial charge in [-0.1, -0.05) is 24.3 Å². The zero-order valence-corrected chi connectivity index (χ0v) is 20.2. The van der Waals surface area contributed by atoms with Gasteiger partial charge >= 0.3 is 0 Å². The van der Waals surface area contributed by atoms with Crippen molar-refractivity contribution in [1.82, 2.24) is 5.32 Å². The molecule has 0 radical (unpaired) electrons. The largest absolute Gasteiger partial charge is 0.497 e. The number of benzene rings is 3. The van der Waals surface area contributed by atoms with Crippen molar-refractivity contribution in [3.8, 4) is 23.0 Å². The van der Waals surface area contributed by atoms with Crippen molar-refractivity contribution in [3.63, 3.8) is 0 Å². The van der Waals surface area contributed by atoms with Crippen molar-refractivity contribution in [2.75, 3.05) is 38.2 Å². The van der Waals surface area contributed by atoms with Gasteiger partial charge in [0.2, 0.25) is 5.91 Å². The maximum absolute atomic E-state index is 13.6. The minimum absolute atomic E-state index is 0.0117. The molecule has 1 atom stereocenters. The normalized spacial score (nSPS) is 14.6. The molecule has 1 unspecified atom stereocenters. The molecular formula is C25H26N2O7S. The average Bonchev–Trinajstić information content (AvgIpc) is 2.90. The Balaban J connectivity index is 1.53. The predicted octanol–water partition coefficient (Wildman–Crippen LogP) is 2.86. The van der Waals surface area contributed by atoms with Gasteiger partial charge < -0.3 is 24.3 Å². The number of sulfonamides is 1. The summed E-state index contributed by atoms with van der Waals surface area (Å²) < 4.78 is 50.2. The first-order valence-electron chi connectivity index (χ1n) is 10.9. The van der Waals surface area contributed by atoms with E-state index in [0.717, 1.165) is 4.31 Å². The van der Waals surface area contributed by atoms with Gasteiger partial charge in [-0.3, -0.25) is 9.10 Å². The summed E-state index contributed by atoms with van der Waals surface area (Å²) >= 11 is 0. The van der Waals surface area contributed by atoms with Crippen LogP contribution in [0.3, 0.4) is 0 Å². The van der Waals surface area contributed by atoms with Gasteiger partial charge in [0.05, 0.1) is 31.3 Å². The van der Waals surface area contributed by atoms with Crippen molar-refractivity contribution >= 4 is 21.6 Å². The first-order valence-corrected chi connectivity index (χ1v) is 12.3. The number of carbonyl (C=O) groups excluding carboxylic acids is 1. The molecule has 1 aliphatic heterocycles. The lowest BCUT2D eigenvalue weighted by molar-refractivity contribution is -0.120. The molecule has 3 aromatic carbocycles. The Kier molecular flexibility index (Phi) is 7.31. The molecule has 0 fully saturated rings. The molecule has 0 bridgehead atoms. The summed E-state index contributed by atoms with van der Waals surface area (Å²) in [6.45, 7) is -0.0495. The third-order valence-electron chi connectivity index (χ3n) is 5.38. The summed E-state index contributed by atoms with van der Waals surface area (Å²) in [5.41, 5.74) is 0.243. The standard InChI is InChI=1S/C25H26N2O7S/c1-31-18-11-13-20(14-12-18)35(29,30)27(21-7-3-4-8-22(21)32-2)16-25(28)26-15-19-17-33-23-9-5-6-10-24(23)34-19/h3-14,19H,15-17H2,1-2H3,(H,26,28). The van der Waals surface area contributed by atoms with E-state index in [-0.39, 0.29) is 23.7 Å². The molecule has 184 valence electrons. The van der Waals surface area contributed by atoms with Crippen molar-refractivity contribution < 1.29 is 32.2 Å². The Hall–Kier alpha value is -3.92. The Bertz CT molecular complexity index is 1280. The quantitative estimate of drug-likeness (QED) is 0.484. The van der Waals surface area contributed by atoms with Gasteiger partial charge in [-0.05, 0) is 48.5 Å². The van der Waals surface area contributed by atoms with Crippen LogP contribution < -0.4 is 28.6 Å². The van der Waals surface area contributed by atoms with Crippen LogP contribution in [0, 0.1) is 0 Å². The van der Waals surface area contributed by atoms with E-state index in [1.807, 2.05) is 12.1 Å². The Labute approximate surface area is 204 Å². The van der Waals surface area contributed by atoms with Crippen molar-refractivity contribution in [3.05, 3.63) is 72.8 Å². The molecule has 1 aliphatic rings. The van der Waals surface area contributed by atoms with E-state index < -0.39 is 28.6 Å². The Morgan fingerprint density at radius 1 is 0.971 bits per heavy atom. The fourth-order valence-electron chi connectivity index (χ4n) is 3.59. The molecule has 35 heavy (non-hydrogen) atoms. The number of fused-ring (bicyclic) bond motifs is 1. The number of nitrogens with zero attached hydrogens (tertiary/aromatic N) is 1. The van der Waals surface area contributed by atoms with Crippen molar-refractivity contribution in [1.29, 1.82) is 0 Å². The van der Waals surface area contributed by atoms with Gasteiger partial charge in [0.25, 0.3) is 10.0 Å². The molecule has 0 aliphatic carbocycles. The predicted molar refractivity (Wildman–Crippen MR) is 130 cm³/mol. The summed E-state index contributed by atoms with van der Waals surface area (Å²) in [6, 6.07) is 19.8. The molecule has 1 amide bonds. The second-order valence-corrected chi connectivity index (χ2v) is 9.52. The first kappa shape index (κ1) is 24.2. The van der Waals surface area contributed by atoms with Gasteiger partial charge in [-0.25, -0.2) is 8.42 Å². The Morgan fingerprint density at radius 2 is 1.66 bits per heavy atom. The highest BCUT2D eigenvalue weighted by Crippen LogP contribution is 2.33. The van der Waals surface area contributed by atoms with E-state index in [0.29, 0.717) is 23.0 Å². The van der Waals surface area contributed by atoms with E-state index in [9.17, 15) is 13.2 Å². The summed E-state index contributed by atoms with van der Waals surface area (Å²) in [5.74, 6) is 1.56. The van der Waals surface area contributed by atoms with Crippen LogP contribution in [0.15, 0.2) is 77.7 Å². The fourth-order valence-corrected chi connectivity index (χ4v) is 5.02. The third kappa shape index (κ3) is 5.43. The SMILES string of the molecule is COc1ccc(S(=O)(=O)N(CC(=O)NCC2COc3ccccc3O2)c2ccccc2OC)cc1. The highest BCUT2D eigenvalue weighted by molar-refractivity contribution is 7.92. The maximum Gasteiger partial charge on any atom is 0.264 e.